The largest absolute Gasteiger partial charge is 0.399 e. The average molecular weight is 353 g/mol. The second kappa shape index (κ2) is 7.24. The number of nitrogen functional groups attached to an aromatic ring is 2. The molecule has 0 amide bonds. The van der Waals surface area contributed by atoms with Crippen LogP contribution in [0.2, 0.25) is 0 Å². The first-order valence-electron chi connectivity index (χ1n) is 7.69. The van der Waals surface area contributed by atoms with Crippen LogP contribution in [0.3, 0.4) is 0 Å². The summed E-state index contributed by atoms with van der Waals surface area (Å²) >= 11 is 3.55. The highest BCUT2D eigenvalue weighted by molar-refractivity contribution is 7.99. The Labute approximate surface area is 151 Å². The Morgan fingerprint density at radius 2 is 0.917 bits per heavy atom. The SMILES string of the molecule is Cc1cc(Sc2ccc(N)cc2)c(C)cc1Sc1ccc(N)cc1. The first kappa shape index (κ1) is 16.8. The van der Waals surface area contributed by atoms with Gasteiger partial charge in [0.05, 0.1) is 0 Å². The van der Waals surface area contributed by atoms with E-state index in [1.165, 1.54) is 30.7 Å². The molecule has 3 rings (SSSR count). The first-order valence-corrected chi connectivity index (χ1v) is 9.32. The fourth-order valence-electron chi connectivity index (χ4n) is 2.31. The van der Waals surface area contributed by atoms with Crippen molar-refractivity contribution in [2.24, 2.45) is 0 Å². The van der Waals surface area contributed by atoms with Crippen LogP contribution in [0.15, 0.2) is 80.2 Å². The third-order valence-corrected chi connectivity index (χ3v) is 6.02. The van der Waals surface area contributed by atoms with E-state index in [2.05, 4.69) is 50.2 Å². The summed E-state index contributed by atoms with van der Waals surface area (Å²) in [6.07, 6.45) is 0. The first-order chi connectivity index (χ1) is 11.5. The van der Waals surface area contributed by atoms with Gasteiger partial charge in [0.1, 0.15) is 0 Å². The molecular weight excluding hydrogens is 332 g/mol. The minimum absolute atomic E-state index is 0.794. The van der Waals surface area contributed by atoms with Crippen LogP contribution in [-0.2, 0) is 0 Å². The molecule has 0 aliphatic heterocycles. The maximum absolute atomic E-state index is 5.76. The van der Waals surface area contributed by atoms with Crippen LogP contribution in [-0.4, -0.2) is 0 Å². The minimum Gasteiger partial charge on any atom is -0.399 e. The number of nitrogens with two attached hydrogens (primary N) is 2. The van der Waals surface area contributed by atoms with Crippen molar-refractivity contribution in [2.45, 2.75) is 33.4 Å². The molecule has 0 saturated heterocycles. The molecule has 4 heteroatoms. The molecule has 3 aromatic rings. The van der Waals surface area contributed by atoms with Crippen molar-refractivity contribution in [2.75, 3.05) is 11.5 Å². The van der Waals surface area contributed by atoms with Crippen molar-refractivity contribution in [3.05, 3.63) is 71.8 Å². The molecule has 3 aromatic carbocycles. The molecule has 2 nitrogen and oxygen atoms in total. The van der Waals surface area contributed by atoms with Gasteiger partial charge in [-0.25, -0.2) is 0 Å². The third kappa shape index (κ3) is 4.08. The van der Waals surface area contributed by atoms with Crippen molar-refractivity contribution in [1.29, 1.82) is 0 Å². The van der Waals surface area contributed by atoms with Crippen LogP contribution < -0.4 is 11.5 Å². The molecule has 0 aliphatic carbocycles. The number of hydrogen-bond donors (Lipinski definition) is 2. The highest BCUT2D eigenvalue weighted by atomic mass is 32.2. The van der Waals surface area contributed by atoms with Crippen molar-refractivity contribution < 1.29 is 0 Å². The molecule has 0 saturated carbocycles. The maximum atomic E-state index is 5.76. The molecule has 24 heavy (non-hydrogen) atoms. The van der Waals surface area contributed by atoms with Gasteiger partial charge in [0.25, 0.3) is 0 Å². The van der Waals surface area contributed by atoms with E-state index in [0.717, 1.165) is 11.4 Å². The van der Waals surface area contributed by atoms with E-state index in [1.807, 2.05) is 24.3 Å². The van der Waals surface area contributed by atoms with E-state index in [4.69, 9.17) is 11.5 Å². The lowest BCUT2D eigenvalue weighted by Gasteiger charge is -2.12. The van der Waals surface area contributed by atoms with E-state index < -0.39 is 0 Å². The van der Waals surface area contributed by atoms with E-state index in [-0.39, 0.29) is 0 Å². The van der Waals surface area contributed by atoms with Gasteiger partial charge in [-0.3, -0.25) is 0 Å². The Balaban J connectivity index is 1.82. The van der Waals surface area contributed by atoms with Crippen molar-refractivity contribution in [3.8, 4) is 0 Å². The standard InChI is InChI=1S/C20H20N2S2/c1-13-11-20(24-18-9-5-16(22)6-10-18)14(2)12-19(13)23-17-7-3-15(21)4-8-17/h3-12H,21-22H2,1-2H3. The highest BCUT2D eigenvalue weighted by Gasteiger charge is 2.08. The van der Waals surface area contributed by atoms with Crippen LogP contribution in [0.25, 0.3) is 0 Å². The lowest BCUT2D eigenvalue weighted by atomic mass is 10.2. The fraction of sp³-hybridized carbons (Fsp3) is 0.100. The van der Waals surface area contributed by atoms with Gasteiger partial charge in [0.15, 0.2) is 0 Å². The average Bonchev–Trinajstić information content (AvgIpc) is 2.56. The number of benzene rings is 3. The monoisotopic (exact) mass is 352 g/mol. The highest BCUT2D eigenvalue weighted by Crippen LogP contribution is 2.37. The molecular formula is C20H20N2S2. The van der Waals surface area contributed by atoms with Crippen molar-refractivity contribution in [1.82, 2.24) is 0 Å². The molecule has 0 fully saturated rings. The van der Waals surface area contributed by atoms with Gasteiger partial charge >= 0.3 is 0 Å². The summed E-state index contributed by atoms with van der Waals surface area (Å²) in [5.41, 5.74) is 15.7. The zero-order valence-electron chi connectivity index (χ0n) is 13.7. The van der Waals surface area contributed by atoms with Gasteiger partial charge in [-0.05, 0) is 85.6 Å². The zero-order chi connectivity index (χ0) is 17.1. The summed E-state index contributed by atoms with van der Waals surface area (Å²) in [5, 5.41) is 0. The predicted octanol–water partition coefficient (Wildman–Crippen LogP) is 5.77. The quantitative estimate of drug-likeness (QED) is 0.585. The molecule has 0 aromatic heterocycles. The summed E-state index contributed by atoms with van der Waals surface area (Å²) < 4.78 is 0. The minimum atomic E-state index is 0.794. The summed E-state index contributed by atoms with van der Waals surface area (Å²) in [6, 6.07) is 20.5. The number of aryl methyl sites for hydroxylation is 2. The van der Waals surface area contributed by atoms with Crippen LogP contribution in [0.4, 0.5) is 11.4 Å². The molecule has 0 atom stereocenters. The Morgan fingerprint density at radius 3 is 1.25 bits per heavy atom. The lowest BCUT2D eigenvalue weighted by Crippen LogP contribution is -1.88. The van der Waals surface area contributed by atoms with Crippen LogP contribution in [0.5, 0.6) is 0 Å². The second-order valence-corrected chi connectivity index (χ2v) is 7.96. The Kier molecular flexibility index (Phi) is 5.07. The van der Waals surface area contributed by atoms with Crippen LogP contribution in [0, 0.1) is 13.8 Å². The molecule has 122 valence electrons. The number of hydrogen-bond acceptors (Lipinski definition) is 4. The van der Waals surface area contributed by atoms with Crippen LogP contribution in [0.1, 0.15) is 11.1 Å². The van der Waals surface area contributed by atoms with Gasteiger partial charge in [-0.2, -0.15) is 0 Å². The number of anilines is 2. The molecule has 0 unspecified atom stereocenters. The van der Waals surface area contributed by atoms with Gasteiger partial charge in [-0.15, -0.1) is 0 Å². The van der Waals surface area contributed by atoms with Gasteiger partial charge in [0, 0.05) is 31.0 Å². The van der Waals surface area contributed by atoms with E-state index >= 15 is 0 Å². The molecule has 0 heterocycles. The molecule has 0 bridgehead atoms. The topological polar surface area (TPSA) is 52.0 Å². The molecule has 0 aliphatic rings. The Bertz CT molecular complexity index is 768. The van der Waals surface area contributed by atoms with Crippen molar-refractivity contribution >= 4 is 34.9 Å². The molecule has 4 N–H and O–H groups in total. The van der Waals surface area contributed by atoms with Gasteiger partial charge in [-0.1, -0.05) is 23.5 Å². The molecule has 0 spiro atoms. The second-order valence-electron chi connectivity index (χ2n) is 5.73. The zero-order valence-corrected chi connectivity index (χ0v) is 15.4. The van der Waals surface area contributed by atoms with E-state index in [1.54, 1.807) is 23.5 Å². The van der Waals surface area contributed by atoms with Gasteiger partial charge in [0.2, 0.25) is 0 Å². The normalized spacial score (nSPS) is 10.8. The van der Waals surface area contributed by atoms with E-state index in [9.17, 15) is 0 Å². The predicted molar refractivity (Wildman–Crippen MR) is 106 cm³/mol. The van der Waals surface area contributed by atoms with Crippen molar-refractivity contribution in [3.63, 3.8) is 0 Å². The summed E-state index contributed by atoms with van der Waals surface area (Å²) in [6.45, 7) is 4.32. The van der Waals surface area contributed by atoms with E-state index in [0.29, 0.717) is 0 Å². The third-order valence-electron chi connectivity index (χ3n) is 3.69. The number of rotatable bonds is 4. The Hall–Kier alpha value is -2.04. The fourth-order valence-corrected chi connectivity index (χ4v) is 4.27. The summed E-state index contributed by atoms with van der Waals surface area (Å²) in [5.74, 6) is 0. The lowest BCUT2D eigenvalue weighted by molar-refractivity contribution is 1.17. The van der Waals surface area contributed by atoms with Crippen LogP contribution >= 0.6 is 23.5 Å². The van der Waals surface area contributed by atoms with Gasteiger partial charge < -0.3 is 11.5 Å². The molecule has 0 radical (unpaired) electrons. The maximum Gasteiger partial charge on any atom is 0.0314 e. The Morgan fingerprint density at radius 1 is 0.583 bits per heavy atom. The smallest absolute Gasteiger partial charge is 0.0314 e. The summed E-state index contributed by atoms with van der Waals surface area (Å²) in [4.78, 5) is 4.95. The summed E-state index contributed by atoms with van der Waals surface area (Å²) in [7, 11) is 0.